The normalized spacial score (nSPS) is 26.4. The number of carbonyl (C=O) groups excluding carboxylic acids is 2. The first kappa shape index (κ1) is 33.3. The molecule has 2 aliphatic heterocycles. The Morgan fingerprint density at radius 3 is 2.59 bits per heavy atom. The highest BCUT2D eigenvalue weighted by Gasteiger charge is 2.74. The van der Waals surface area contributed by atoms with Crippen LogP contribution in [0.15, 0.2) is 30.3 Å². The van der Waals surface area contributed by atoms with Crippen molar-refractivity contribution in [2.75, 3.05) is 27.3 Å². The Balaban J connectivity index is 1.26. The topological polar surface area (TPSA) is 130 Å². The Labute approximate surface area is 281 Å². The molecule has 3 aromatic heterocycles. The van der Waals surface area contributed by atoms with Crippen LogP contribution in [-0.4, -0.2) is 81.4 Å². The SMILES string of the molecule is COc1cc(C(=O)N2CC[C@@H](OC)[C@@H](N)C2)cc2nc(-c3cc4ccc5nc4n3CCCCC[C@@H]3C[C@@]3(C(F)(F)F)C(=O)N[C@@H]5C)n(C)c12. The third-order valence-corrected chi connectivity index (χ3v) is 10.8. The van der Waals surface area contributed by atoms with Crippen LogP contribution in [0.3, 0.4) is 0 Å². The molecule has 1 saturated heterocycles. The summed E-state index contributed by atoms with van der Waals surface area (Å²) >= 11 is 0. The van der Waals surface area contributed by atoms with Gasteiger partial charge in [0.05, 0.1) is 36.2 Å². The lowest BCUT2D eigenvalue weighted by atomic mass is 9.97. The lowest BCUT2D eigenvalue weighted by Gasteiger charge is -2.36. The van der Waals surface area contributed by atoms with Gasteiger partial charge in [-0.2, -0.15) is 13.2 Å². The van der Waals surface area contributed by atoms with Gasteiger partial charge in [-0.05, 0) is 68.9 Å². The van der Waals surface area contributed by atoms with Crippen molar-refractivity contribution < 1.29 is 32.2 Å². The Kier molecular flexibility index (Phi) is 8.37. The van der Waals surface area contributed by atoms with E-state index in [0.717, 1.165) is 16.6 Å². The number of aromatic nitrogens is 4. The highest BCUT2D eigenvalue weighted by molar-refractivity contribution is 6.00. The van der Waals surface area contributed by atoms with Crippen molar-refractivity contribution in [3.8, 4) is 17.3 Å². The van der Waals surface area contributed by atoms with Crippen LogP contribution < -0.4 is 15.8 Å². The van der Waals surface area contributed by atoms with Gasteiger partial charge in [-0.3, -0.25) is 9.59 Å². The first-order valence-electron chi connectivity index (χ1n) is 16.9. The lowest BCUT2D eigenvalue weighted by molar-refractivity contribution is -0.196. The molecule has 2 bridgehead atoms. The molecule has 1 saturated carbocycles. The molecule has 0 spiro atoms. The number of hydrogen-bond donors (Lipinski definition) is 2. The molecule has 3 N–H and O–H groups in total. The summed E-state index contributed by atoms with van der Waals surface area (Å²) < 4.78 is 57.8. The summed E-state index contributed by atoms with van der Waals surface area (Å²) in [6, 6.07) is 8.14. The minimum absolute atomic E-state index is 0.0949. The van der Waals surface area contributed by atoms with E-state index in [0.29, 0.717) is 85.7 Å². The quantitative estimate of drug-likeness (QED) is 0.307. The maximum Gasteiger partial charge on any atom is 0.403 e. The molecule has 0 radical (unpaired) electrons. The van der Waals surface area contributed by atoms with E-state index in [-0.39, 0.29) is 24.5 Å². The predicted octanol–water partition coefficient (Wildman–Crippen LogP) is 5.11. The third kappa shape index (κ3) is 5.52. The number of pyridine rings is 1. The number of alkyl halides is 3. The molecule has 4 aromatic rings. The number of benzene rings is 1. The lowest BCUT2D eigenvalue weighted by Crippen LogP contribution is -2.53. The van der Waals surface area contributed by atoms with Crippen LogP contribution in [0.25, 0.3) is 33.6 Å². The number of fused-ring (bicyclic) bond motifs is 3. The number of halogens is 3. The molecule has 2 fully saturated rings. The fourth-order valence-electron chi connectivity index (χ4n) is 7.90. The van der Waals surface area contributed by atoms with Gasteiger partial charge in [0, 0.05) is 50.8 Å². The van der Waals surface area contributed by atoms with Crippen LogP contribution in [0.1, 0.15) is 67.5 Å². The first-order chi connectivity index (χ1) is 23.4. The molecule has 1 aromatic carbocycles. The van der Waals surface area contributed by atoms with Crippen LogP contribution >= 0.6 is 0 Å². The summed E-state index contributed by atoms with van der Waals surface area (Å²) in [5, 5.41) is 3.47. The average molecular weight is 682 g/mol. The minimum atomic E-state index is -4.60. The van der Waals surface area contributed by atoms with Gasteiger partial charge in [0.25, 0.3) is 5.91 Å². The summed E-state index contributed by atoms with van der Waals surface area (Å²) in [6.07, 6.45) is -1.86. The summed E-state index contributed by atoms with van der Waals surface area (Å²) in [5.74, 6) is -0.680. The fraction of sp³-hybridized carbons (Fsp3) is 0.543. The molecule has 262 valence electrons. The Morgan fingerprint density at radius 1 is 1.08 bits per heavy atom. The van der Waals surface area contributed by atoms with E-state index >= 15 is 0 Å². The van der Waals surface area contributed by atoms with Crippen LogP contribution in [0, 0.1) is 11.3 Å². The maximum absolute atomic E-state index is 14.2. The zero-order valence-electron chi connectivity index (χ0n) is 28.1. The Bertz CT molecular complexity index is 1940. The van der Waals surface area contributed by atoms with Crippen molar-refractivity contribution in [1.29, 1.82) is 0 Å². The van der Waals surface area contributed by atoms with E-state index in [2.05, 4.69) is 9.88 Å². The van der Waals surface area contributed by atoms with Crippen molar-refractivity contribution in [2.24, 2.45) is 24.1 Å². The number of amides is 2. The summed E-state index contributed by atoms with van der Waals surface area (Å²) in [5.41, 5.74) is 7.68. The fourth-order valence-corrected chi connectivity index (χ4v) is 7.90. The number of carbonyl (C=O) groups is 2. The number of aryl methyl sites for hydroxylation is 2. The summed E-state index contributed by atoms with van der Waals surface area (Å²) in [4.78, 5) is 38.4. The van der Waals surface area contributed by atoms with Crippen molar-refractivity contribution in [2.45, 2.75) is 76.4 Å². The van der Waals surface area contributed by atoms with Crippen LogP contribution in [0.5, 0.6) is 5.75 Å². The van der Waals surface area contributed by atoms with Gasteiger partial charge in [0.1, 0.15) is 22.3 Å². The number of imidazole rings is 1. The van der Waals surface area contributed by atoms with Gasteiger partial charge in [-0.25, -0.2) is 9.97 Å². The minimum Gasteiger partial charge on any atom is -0.494 e. The second kappa shape index (κ2) is 12.3. The molecule has 49 heavy (non-hydrogen) atoms. The Morgan fingerprint density at radius 2 is 1.88 bits per heavy atom. The molecule has 1 aliphatic carbocycles. The second-order valence-electron chi connectivity index (χ2n) is 13.8. The van der Waals surface area contributed by atoms with Gasteiger partial charge in [0.15, 0.2) is 5.82 Å². The molecule has 5 heterocycles. The number of nitrogens with two attached hydrogens (primary N) is 1. The molecule has 5 atom stereocenters. The number of likely N-dealkylation sites (tertiary alicyclic amines) is 1. The third-order valence-electron chi connectivity index (χ3n) is 10.8. The monoisotopic (exact) mass is 681 g/mol. The highest BCUT2D eigenvalue weighted by Crippen LogP contribution is 2.64. The molecular formula is C35H42F3N7O4. The molecule has 2 amide bonds. The van der Waals surface area contributed by atoms with E-state index < -0.39 is 29.5 Å². The van der Waals surface area contributed by atoms with E-state index in [1.54, 1.807) is 44.2 Å². The summed E-state index contributed by atoms with van der Waals surface area (Å²) in [6.45, 7) is 3.15. The zero-order chi connectivity index (χ0) is 34.8. The highest BCUT2D eigenvalue weighted by atomic mass is 19.4. The van der Waals surface area contributed by atoms with Crippen molar-refractivity contribution in [1.82, 2.24) is 29.3 Å². The van der Waals surface area contributed by atoms with Gasteiger partial charge in [-0.1, -0.05) is 12.8 Å². The number of methoxy groups -OCH3 is 2. The average Bonchev–Trinajstić information content (AvgIpc) is 3.60. The van der Waals surface area contributed by atoms with Gasteiger partial charge in [-0.15, -0.1) is 0 Å². The van der Waals surface area contributed by atoms with E-state index in [1.807, 2.05) is 23.7 Å². The molecule has 3 aliphatic rings. The van der Waals surface area contributed by atoms with Crippen LogP contribution in [0.4, 0.5) is 13.2 Å². The predicted molar refractivity (Wildman–Crippen MR) is 177 cm³/mol. The standard InChI is InChI=1S/C35H42F3N7O4/c1-19-24-10-9-20-15-26(45(30(20)41-24)12-7-5-6-8-22-17-34(22,33(47)40-19)35(36,37)38)31-42-25-14-21(16-28(49-4)29(25)43(31)2)32(46)44-13-11-27(48-3)23(39)18-44/h9-10,14-16,19,22-23,27H,5-8,11-13,17-18,39H2,1-4H3,(H,40,47)/t19-,22-,23+,27-,34+/m1/s1. The first-order valence-corrected chi connectivity index (χ1v) is 16.9. The number of piperidine rings is 1. The van der Waals surface area contributed by atoms with Gasteiger partial charge >= 0.3 is 6.18 Å². The van der Waals surface area contributed by atoms with E-state index in [9.17, 15) is 22.8 Å². The number of hydrogen-bond acceptors (Lipinski definition) is 7. The molecule has 7 rings (SSSR count). The van der Waals surface area contributed by atoms with Crippen molar-refractivity contribution in [3.05, 3.63) is 41.6 Å². The summed E-state index contributed by atoms with van der Waals surface area (Å²) in [7, 11) is 5.09. The maximum atomic E-state index is 14.2. The van der Waals surface area contributed by atoms with E-state index in [4.69, 9.17) is 25.2 Å². The van der Waals surface area contributed by atoms with E-state index in [1.165, 1.54) is 0 Å². The molecule has 14 heteroatoms. The zero-order valence-corrected chi connectivity index (χ0v) is 28.1. The van der Waals surface area contributed by atoms with Crippen molar-refractivity contribution in [3.63, 3.8) is 0 Å². The molecule has 11 nitrogen and oxygen atoms in total. The smallest absolute Gasteiger partial charge is 0.403 e. The molecular weight excluding hydrogens is 639 g/mol. The van der Waals surface area contributed by atoms with Crippen LogP contribution in [0.2, 0.25) is 0 Å². The Hall–Kier alpha value is -4.17. The second-order valence-corrected chi connectivity index (χ2v) is 13.8. The number of ether oxygens (including phenoxy) is 2. The number of nitrogens with zero attached hydrogens (tertiary/aromatic N) is 5. The molecule has 0 unspecified atom stereocenters. The number of rotatable bonds is 4. The van der Waals surface area contributed by atoms with Gasteiger partial charge < -0.3 is 34.6 Å². The van der Waals surface area contributed by atoms with Crippen molar-refractivity contribution >= 4 is 33.9 Å². The number of nitrogens with one attached hydrogen (secondary N) is 1. The largest absolute Gasteiger partial charge is 0.494 e. The van der Waals surface area contributed by atoms with Gasteiger partial charge in [0.2, 0.25) is 5.91 Å². The van der Waals surface area contributed by atoms with Crippen LogP contribution in [-0.2, 0) is 23.1 Å².